The van der Waals surface area contributed by atoms with E-state index in [1.165, 1.54) is 27.5 Å². The van der Waals surface area contributed by atoms with Crippen LogP contribution in [0.15, 0.2) is 47.4 Å². The van der Waals surface area contributed by atoms with Crippen molar-refractivity contribution in [3.8, 4) is 12.1 Å². The summed E-state index contributed by atoms with van der Waals surface area (Å²) in [7, 11) is 0. The first-order valence-corrected chi connectivity index (χ1v) is 11.4. The number of nitrogens with zero attached hydrogens (tertiary/aromatic N) is 7. The number of anilines is 3. The monoisotopic (exact) mass is 482 g/mol. The standard InChI is InChI=1S/C25H19FN8O2/c26-15-2-3-16-17(10-15)19(5-6-22(16)35)34-23-21(32(8-7-27)25(34)36)12-29-24(31-23)33-13-30-18-4-1-14(11-28)9-20(18)33/h1-4,9-10,12,19,22,30,35H,5-6,8,13H2. The average molecular weight is 482 g/mol. The molecule has 1 aliphatic heterocycles. The van der Waals surface area contributed by atoms with Crippen LogP contribution in [0.2, 0.25) is 0 Å². The number of imidazole rings is 1. The summed E-state index contributed by atoms with van der Waals surface area (Å²) >= 11 is 0. The largest absolute Gasteiger partial charge is 0.388 e. The Morgan fingerprint density at radius 2 is 2.03 bits per heavy atom. The van der Waals surface area contributed by atoms with E-state index in [0.717, 1.165) is 11.4 Å². The van der Waals surface area contributed by atoms with Crippen LogP contribution >= 0.6 is 0 Å². The van der Waals surface area contributed by atoms with Gasteiger partial charge in [-0.05, 0) is 54.3 Å². The van der Waals surface area contributed by atoms with Crippen LogP contribution < -0.4 is 15.9 Å². The van der Waals surface area contributed by atoms with Gasteiger partial charge in [-0.15, -0.1) is 0 Å². The van der Waals surface area contributed by atoms with Crippen LogP contribution in [0.4, 0.5) is 21.7 Å². The van der Waals surface area contributed by atoms with Gasteiger partial charge in [-0.25, -0.2) is 14.2 Å². The molecule has 4 aromatic rings. The molecular formula is C25H19FN8O2. The molecule has 10 nitrogen and oxygen atoms in total. The zero-order valence-corrected chi connectivity index (χ0v) is 18.9. The van der Waals surface area contributed by atoms with Crippen molar-refractivity contribution in [2.75, 3.05) is 16.9 Å². The Balaban J connectivity index is 1.56. The number of benzene rings is 2. The molecule has 0 saturated carbocycles. The highest BCUT2D eigenvalue weighted by Gasteiger charge is 2.32. The zero-order chi connectivity index (χ0) is 25.0. The maximum atomic E-state index is 14.2. The number of rotatable bonds is 3. The molecule has 2 unspecified atom stereocenters. The minimum atomic E-state index is -0.758. The third-order valence-corrected chi connectivity index (χ3v) is 6.80. The van der Waals surface area contributed by atoms with E-state index in [-0.39, 0.29) is 6.54 Å². The number of aliphatic hydroxyl groups excluding tert-OH is 1. The van der Waals surface area contributed by atoms with Gasteiger partial charge in [0.1, 0.15) is 17.9 Å². The van der Waals surface area contributed by atoms with Crippen LogP contribution in [0.5, 0.6) is 0 Å². The Labute approximate surface area is 204 Å². The molecule has 2 aromatic carbocycles. The van der Waals surface area contributed by atoms with Gasteiger partial charge in [-0.1, -0.05) is 6.07 Å². The molecule has 1 aliphatic carbocycles. The van der Waals surface area contributed by atoms with E-state index in [0.29, 0.717) is 53.3 Å². The van der Waals surface area contributed by atoms with Gasteiger partial charge in [-0.3, -0.25) is 14.0 Å². The molecule has 6 rings (SSSR count). The van der Waals surface area contributed by atoms with Crippen molar-refractivity contribution < 1.29 is 9.50 Å². The van der Waals surface area contributed by atoms with Crippen molar-refractivity contribution in [3.63, 3.8) is 0 Å². The maximum Gasteiger partial charge on any atom is 0.331 e. The lowest BCUT2D eigenvalue weighted by molar-refractivity contribution is 0.147. The highest BCUT2D eigenvalue weighted by atomic mass is 19.1. The molecule has 0 bridgehead atoms. The lowest BCUT2D eigenvalue weighted by Gasteiger charge is -2.29. The SMILES string of the molecule is N#CCn1c(=O)n(C2CCC(O)c3ccc(F)cc32)c2nc(N3CNc4ccc(C#N)cc43)ncc21. The molecule has 2 N–H and O–H groups in total. The van der Waals surface area contributed by atoms with E-state index in [1.54, 1.807) is 23.1 Å². The van der Waals surface area contributed by atoms with Crippen LogP contribution in [-0.4, -0.2) is 30.9 Å². The third kappa shape index (κ3) is 3.21. The van der Waals surface area contributed by atoms with Crippen LogP contribution in [0.3, 0.4) is 0 Å². The van der Waals surface area contributed by atoms with Crippen LogP contribution in [0, 0.1) is 28.5 Å². The number of hydrogen-bond donors (Lipinski definition) is 2. The number of aliphatic hydroxyl groups is 1. The van der Waals surface area contributed by atoms with Gasteiger partial charge >= 0.3 is 5.69 Å². The Bertz CT molecular complexity index is 1680. The molecule has 2 aliphatic rings. The average Bonchev–Trinajstić information content (AvgIpc) is 3.42. The summed E-state index contributed by atoms with van der Waals surface area (Å²) in [4.78, 5) is 24.6. The summed E-state index contributed by atoms with van der Waals surface area (Å²) in [5, 5.41) is 32.4. The summed E-state index contributed by atoms with van der Waals surface area (Å²) < 4.78 is 17.0. The van der Waals surface area contributed by atoms with Crippen molar-refractivity contribution in [3.05, 3.63) is 75.6 Å². The Hall–Kier alpha value is -4.74. The number of halogens is 1. The van der Waals surface area contributed by atoms with Gasteiger partial charge in [-0.2, -0.15) is 15.5 Å². The Morgan fingerprint density at radius 3 is 2.83 bits per heavy atom. The first-order valence-electron chi connectivity index (χ1n) is 11.4. The maximum absolute atomic E-state index is 14.2. The molecule has 11 heteroatoms. The van der Waals surface area contributed by atoms with E-state index >= 15 is 0 Å². The van der Waals surface area contributed by atoms with E-state index in [2.05, 4.69) is 16.4 Å². The van der Waals surface area contributed by atoms with Gasteiger partial charge in [0.05, 0.1) is 54.1 Å². The van der Waals surface area contributed by atoms with Gasteiger partial charge in [0, 0.05) is 0 Å². The van der Waals surface area contributed by atoms with Gasteiger partial charge < -0.3 is 10.4 Å². The minimum absolute atomic E-state index is 0.198. The van der Waals surface area contributed by atoms with Crippen LogP contribution in [0.1, 0.15) is 41.7 Å². The van der Waals surface area contributed by atoms with Crippen molar-refractivity contribution >= 4 is 28.5 Å². The summed E-state index contributed by atoms with van der Waals surface area (Å²) in [6.07, 6.45) is 1.52. The lowest BCUT2D eigenvalue weighted by Crippen LogP contribution is -2.31. The normalized spacial score (nSPS) is 18.3. The fourth-order valence-corrected chi connectivity index (χ4v) is 5.12. The van der Waals surface area contributed by atoms with Crippen molar-refractivity contribution in [1.82, 2.24) is 19.1 Å². The summed E-state index contributed by atoms with van der Waals surface area (Å²) in [5.74, 6) is -0.160. The molecule has 0 fully saturated rings. The third-order valence-electron chi connectivity index (χ3n) is 6.80. The second kappa shape index (κ2) is 8.18. The quantitative estimate of drug-likeness (QED) is 0.455. The van der Waals surface area contributed by atoms with Gasteiger partial charge in [0.25, 0.3) is 0 Å². The minimum Gasteiger partial charge on any atom is -0.388 e. The second-order valence-electron chi connectivity index (χ2n) is 8.76. The molecule has 178 valence electrons. The fraction of sp³-hybridized carbons (Fsp3) is 0.240. The highest BCUT2D eigenvalue weighted by molar-refractivity contribution is 5.82. The van der Waals surface area contributed by atoms with Crippen molar-refractivity contribution in [2.24, 2.45) is 0 Å². The summed E-state index contributed by atoms with van der Waals surface area (Å²) in [6.45, 7) is 0.165. The van der Waals surface area contributed by atoms with Crippen molar-refractivity contribution in [2.45, 2.75) is 31.5 Å². The summed E-state index contributed by atoms with van der Waals surface area (Å²) in [5.41, 5.74) is 3.35. The van der Waals surface area contributed by atoms with E-state index in [9.17, 15) is 24.8 Å². The Kier molecular flexibility index (Phi) is 4.95. The molecule has 0 spiro atoms. The van der Waals surface area contributed by atoms with Crippen LogP contribution in [-0.2, 0) is 6.54 Å². The molecule has 2 atom stereocenters. The molecule has 0 amide bonds. The Morgan fingerprint density at radius 1 is 1.17 bits per heavy atom. The van der Waals surface area contributed by atoms with Gasteiger partial charge in [0.15, 0.2) is 5.65 Å². The number of aromatic nitrogens is 4. The van der Waals surface area contributed by atoms with Crippen LogP contribution in [0.25, 0.3) is 11.2 Å². The molecule has 2 aromatic heterocycles. The van der Waals surface area contributed by atoms with Crippen molar-refractivity contribution in [1.29, 1.82) is 10.5 Å². The van der Waals surface area contributed by atoms with E-state index < -0.39 is 23.7 Å². The molecule has 3 heterocycles. The zero-order valence-electron chi connectivity index (χ0n) is 18.9. The summed E-state index contributed by atoms with van der Waals surface area (Å²) in [6, 6.07) is 13.0. The number of hydrogen-bond acceptors (Lipinski definition) is 8. The second-order valence-corrected chi connectivity index (χ2v) is 8.76. The number of nitrogens with one attached hydrogen (secondary N) is 1. The molecule has 36 heavy (non-hydrogen) atoms. The fourth-order valence-electron chi connectivity index (χ4n) is 5.12. The topological polar surface area (TPSA) is 136 Å². The molecule has 0 saturated heterocycles. The molecule has 0 radical (unpaired) electrons. The first kappa shape index (κ1) is 21.8. The lowest BCUT2D eigenvalue weighted by atomic mass is 9.85. The number of fused-ring (bicyclic) bond motifs is 3. The highest BCUT2D eigenvalue weighted by Crippen LogP contribution is 2.40. The predicted octanol–water partition coefficient (Wildman–Crippen LogP) is 3.07. The first-order chi connectivity index (χ1) is 17.5. The van der Waals surface area contributed by atoms with E-state index in [4.69, 9.17) is 4.98 Å². The predicted molar refractivity (Wildman–Crippen MR) is 128 cm³/mol. The smallest absolute Gasteiger partial charge is 0.331 e. The number of nitriles is 2. The van der Waals surface area contributed by atoms with E-state index in [1.807, 2.05) is 12.1 Å². The van der Waals surface area contributed by atoms with Gasteiger partial charge in [0.2, 0.25) is 5.95 Å². The molecular weight excluding hydrogens is 463 g/mol.